The molecule has 3 aromatic carbocycles. The highest BCUT2D eigenvalue weighted by molar-refractivity contribution is 6.40. The van der Waals surface area contributed by atoms with Crippen LogP contribution < -0.4 is 21.3 Å². The number of hydrogen-bond donors (Lipinski definition) is 5. The van der Waals surface area contributed by atoms with E-state index in [1.165, 1.54) is 41.3 Å². The number of aromatic nitrogens is 4. The second-order valence-electron chi connectivity index (χ2n) is 10.2. The number of ether oxygens (including phenoxy) is 1. The Bertz CT molecular complexity index is 1760. The number of tetrazole rings is 1. The highest BCUT2D eigenvalue weighted by Crippen LogP contribution is 2.24. The Kier molecular flexibility index (Phi) is 10.3. The first kappa shape index (κ1) is 32.5. The minimum absolute atomic E-state index is 0.0207. The van der Waals surface area contributed by atoms with Gasteiger partial charge in [-0.2, -0.15) is 4.68 Å². The SMILES string of the molecule is O=C(Nc1cc(Cl)ccc1-n1cnnn1)C(=O)NC(Cc1ccc(NC(=O)N2CCOCC2)cc1)C(=O)Nc1ccc(C(=O)O)cc1. The van der Waals surface area contributed by atoms with E-state index in [-0.39, 0.29) is 34.4 Å². The Morgan fingerprint density at radius 3 is 2.21 bits per heavy atom. The molecule has 0 aliphatic carbocycles. The largest absolute Gasteiger partial charge is 0.478 e. The van der Waals surface area contributed by atoms with Gasteiger partial charge in [0.25, 0.3) is 0 Å². The lowest BCUT2D eigenvalue weighted by Gasteiger charge is -2.27. The summed E-state index contributed by atoms with van der Waals surface area (Å²) in [7, 11) is 0. The van der Waals surface area contributed by atoms with E-state index in [0.717, 1.165) is 0 Å². The molecule has 1 unspecified atom stereocenters. The summed E-state index contributed by atoms with van der Waals surface area (Å²) >= 11 is 6.11. The lowest BCUT2D eigenvalue weighted by Crippen LogP contribution is -2.49. The van der Waals surface area contributed by atoms with Crippen molar-refractivity contribution in [3.63, 3.8) is 0 Å². The summed E-state index contributed by atoms with van der Waals surface area (Å²) in [6.45, 7) is 1.87. The number of carboxylic acid groups (broad SMARTS) is 1. The summed E-state index contributed by atoms with van der Waals surface area (Å²) in [5.74, 6) is -4.02. The molecule has 16 nitrogen and oxygen atoms in total. The van der Waals surface area contributed by atoms with E-state index in [2.05, 4.69) is 36.8 Å². The van der Waals surface area contributed by atoms with Gasteiger partial charge in [0.1, 0.15) is 12.4 Å². The van der Waals surface area contributed by atoms with Crippen molar-refractivity contribution in [3.05, 3.63) is 89.2 Å². The van der Waals surface area contributed by atoms with Crippen LogP contribution >= 0.6 is 11.6 Å². The molecule has 1 fully saturated rings. The predicted octanol–water partition coefficient (Wildman–Crippen LogP) is 2.18. The van der Waals surface area contributed by atoms with Crippen LogP contribution in [0.1, 0.15) is 15.9 Å². The predicted molar refractivity (Wildman–Crippen MR) is 168 cm³/mol. The fourth-order valence-corrected chi connectivity index (χ4v) is 4.72. The molecule has 2 heterocycles. The number of hydrogen-bond acceptors (Lipinski definition) is 9. The van der Waals surface area contributed by atoms with Gasteiger partial charge in [0.15, 0.2) is 0 Å². The first-order valence-electron chi connectivity index (χ1n) is 14.2. The number of urea groups is 1. The maximum Gasteiger partial charge on any atom is 0.335 e. The fourth-order valence-electron chi connectivity index (χ4n) is 4.55. The topological polar surface area (TPSA) is 210 Å². The monoisotopic (exact) mass is 661 g/mol. The van der Waals surface area contributed by atoms with E-state index in [1.807, 2.05) is 0 Å². The summed E-state index contributed by atoms with van der Waals surface area (Å²) in [4.78, 5) is 64.9. The Morgan fingerprint density at radius 2 is 1.55 bits per heavy atom. The number of anilines is 3. The van der Waals surface area contributed by atoms with E-state index in [0.29, 0.717) is 43.2 Å². The number of aromatic carboxylic acids is 1. The first-order valence-corrected chi connectivity index (χ1v) is 14.6. The molecule has 1 aliphatic heterocycles. The zero-order valence-electron chi connectivity index (χ0n) is 24.6. The number of nitrogens with zero attached hydrogens (tertiary/aromatic N) is 5. The third-order valence-electron chi connectivity index (χ3n) is 6.97. The second-order valence-corrected chi connectivity index (χ2v) is 10.6. The molecule has 47 heavy (non-hydrogen) atoms. The van der Waals surface area contributed by atoms with Gasteiger partial charge in [-0.05, 0) is 70.6 Å². The molecular formula is C30H28ClN9O7. The molecule has 1 saturated heterocycles. The molecular weight excluding hydrogens is 634 g/mol. The average molecular weight is 662 g/mol. The molecule has 1 aromatic heterocycles. The average Bonchev–Trinajstić information content (AvgIpc) is 3.61. The number of carbonyl (C=O) groups is 5. The number of benzene rings is 3. The minimum atomic E-state index is -1.25. The number of carboxylic acids is 1. The number of morpholine rings is 1. The van der Waals surface area contributed by atoms with Crippen LogP contribution in [0.25, 0.3) is 5.69 Å². The Labute approximate surface area is 272 Å². The fraction of sp³-hybridized carbons (Fsp3) is 0.200. The van der Waals surface area contributed by atoms with Crippen molar-refractivity contribution in [2.24, 2.45) is 0 Å². The summed E-state index contributed by atoms with van der Waals surface area (Å²) in [5, 5.41) is 30.8. The maximum atomic E-state index is 13.4. The molecule has 0 saturated carbocycles. The van der Waals surface area contributed by atoms with Crippen molar-refractivity contribution >= 4 is 58.4 Å². The zero-order valence-corrected chi connectivity index (χ0v) is 25.3. The summed E-state index contributed by atoms with van der Waals surface area (Å²) in [6, 6.07) is 15.1. The Hall–Kier alpha value is -5.87. The van der Waals surface area contributed by atoms with Crippen LogP contribution in [-0.2, 0) is 25.5 Å². The first-order chi connectivity index (χ1) is 22.7. The van der Waals surface area contributed by atoms with Crippen LogP contribution in [0.4, 0.5) is 21.9 Å². The van der Waals surface area contributed by atoms with Gasteiger partial charge in [-0.25, -0.2) is 9.59 Å². The van der Waals surface area contributed by atoms with Crippen molar-refractivity contribution in [2.75, 3.05) is 42.3 Å². The molecule has 0 spiro atoms. The molecule has 5 amide bonds. The Balaban J connectivity index is 1.30. The summed E-state index contributed by atoms with van der Waals surface area (Å²) in [5.41, 5.74) is 1.89. The van der Waals surface area contributed by atoms with Crippen molar-refractivity contribution in [1.82, 2.24) is 30.4 Å². The number of halogens is 1. The number of amides is 5. The van der Waals surface area contributed by atoms with Crippen molar-refractivity contribution in [3.8, 4) is 5.69 Å². The molecule has 1 aliphatic rings. The van der Waals surface area contributed by atoms with Crippen LogP contribution in [-0.4, -0.2) is 92.3 Å². The van der Waals surface area contributed by atoms with Crippen LogP contribution in [0.5, 0.6) is 0 Å². The normalized spacial score (nSPS) is 13.3. The van der Waals surface area contributed by atoms with Crippen molar-refractivity contribution in [2.45, 2.75) is 12.5 Å². The number of nitrogens with one attached hydrogen (secondary N) is 4. The van der Waals surface area contributed by atoms with Gasteiger partial charge >= 0.3 is 23.8 Å². The van der Waals surface area contributed by atoms with E-state index in [4.69, 9.17) is 21.4 Å². The van der Waals surface area contributed by atoms with Gasteiger partial charge in [-0.15, -0.1) is 5.10 Å². The quantitative estimate of drug-likeness (QED) is 0.165. The molecule has 242 valence electrons. The molecule has 0 bridgehead atoms. The van der Waals surface area contributed by atoms with E-state index < -0.39 is 29.7 Å². The molecule has 5 rings (SSSR count). The van der Waals surface area contributed by atoms with Crippen LogP contribution in [0, 0.1) is 0 Å². The van der Waals surface area contributed by atoms with Gasteiger partial charge < -0.3 is 36.0 Å². The van der Waals surface area contributed by atoms with Gasteiger partial charge in [0.2, 0.25) is 5.91 Å². The molecule has 17 heteroatoms. The van der Waals surface area contributed by atoms with E-state index in [9.17, 15) is 24.0 Å². The van der Waals surface area contributed by atoms with Crippen LogP contribution in [0.2, 0.25) is 5.02 Å². The standard InChI is InChI=1S/C30H28ClN9O7/c31-20-5-10-25(40-17-32-37-38-40)23(16-20)35-27(42)28(43)36-24(26(41)33-21-8-3-19(4-9-21)29(44)45)15-18-1-6-22(7-2-18)34-30(46)39-11-13-47-14-12-39/h1-10,16-17,24H,11-15H2,(H,33,41)(H,34,46)(H,35,42)(H,36,43)(H,44,45). The lowest BCUT2D eigenvalue weighted by molar-refractivity contribution is -0.137. The highest BCUT2D eigenvalue weighted by Gasteiger charge is 2.26. The van der Waals surface area contributed by atoms with Gasteiger partial charge in [0.05, 0.1) is 30.2 Å². The van der Waals surface area contributed by atoms with Gasteiger partial charge in [-0.1, -0.05) is 23.7 Å². The number of carbonyl (C=O) groups excluding carboxylic acids is 4. The van der Waals surface area contributed by atoms with Crippen LogP contribution in [0.15, 0.2) is 73.1 Å². The molecule has 0 radical (unpaired) electrons. The summed E-state index contributed by atoms with van der Waals surface area (Å²) < 4.78 is 6.54. The van der Waals surface area contributed by atoms with Crippen LogP contribution in [0.3, 0.4) is 0 Å². The zero-order chi connectivity index (χ0) is 33.3. The summed E-state index contributed by atoms with van der Waals surface area (Å²) in [6.07, 6.45) is 1.25. The second kappa shape index (κ2) is 14.9. The Morgan fingerprint density at radius 1 is 0.872 bits per heavy atom. The molecule has 5 N–H and O–H groups in total. The third-order valence-corrected chi connectivity index (χ3v) is 7.21. The molecule has 1 atom stereocenters. The lowest BCUT2D eigenvalue weighted by atomic mass is 10.0. The van der Waals surface area contributed by atoms with Gasteiger partial charge in [0, 0.05) is 35.9 Å². The van der Waals surface area contributed by atoms with Gasteiger partial charge in [-0.3, -0.25) is 14.4 Å². The number of rotatable bonds is 9. The third kappa shape index (κ3) is 8.65. The maximum absolute atomic E-state index is 13.4. The van der Waals surface area contributed by atoms with Crippen molar-refractivity contribution < 1.29 is 33.8 Å². The minimum Gasteiger partial charge on any atom is -0.478 e. The highest BCUT2D eigenvalue weighted by atomic mass is 35.5. The van der Waals surface area contributed by atoms with E-state index in [1.54, 1.807) is 41.3 Å². The smallest absolute Gasteiger partial charge is 0.335 e. The molecule has 4 aromatic rings. The van der Waals surface area contributed by atoms with E-state index >= 15 is 0 Å². The van der Waals surface area contributed by atoms with Crippen molar-refractivity contribution in [1.29, 1.82) is 0 Å².